The number of carbonyl (C=O) groups is 1. The van der Waals surface area contributed by atoms with Gasteiger partial charge in [0.2, 0.25) is 5.91 Å². The average Bonchev–Trinajstić information content (AvgIpc) is 2.87. The molecule has 104 valence electrons. The van der Waals surface area contributed by atoms with Gasteiger partial charge in [0.1, 0.15) is 6.54 Å². The molecule has 1 aromatic heterocycles. The molecule has 1 aliphatic heterocycles. The van der Waals surface area contributed by atoms with E-state index in [1.54, 1.807) is 0 Å². The summed E-state index contributed by atoms with van der Waals surface area (Å²) < 4.78 is 6.45. The fourth-order valence-electron chi connectivity index (χ4n) is 2.11. The highest BCUT2D eigenvalue weighted by molar-refractivity contribution is 5.75. The maximum absolute atomic E-state index is 11.8. The number of nitrogens with zero attached hydrogens (tertiary/aromatic N) is 1. The smallest absolute Gasteiger partial charge is 0.265 e. The van der Waals surface area contributed by atoms with Crippen molar-refractivity contribution in [3.8, 4) is 0 Å². The highest BCUT2D eigenvalue weighted by Gasteiger charge is 2.23. The zero-order chi connectivity index (χ0) is 13.8. The minimum absolute atomic E-state index is 0.0236. The van der Waals surface area contributed by atoms with E-state index in [2.05, 4.69) is 10.4 Å². The maximum Gasteiger partial charge on any atom is 0.265 e. The van der Waals surface area contributed by atoms with Crippen molar-refractivity contribution in [3.05, 3.63) is 32.8 Å². The van der Waals surface area contributed by atoms with Gasteiger partial charge in [-0.2, -0.15) is 0 Å². The summed E-state index contributed by atoms with van der Waals surface area (Å²) in [6, 6.07) is 2.16. The topological polar surface area (TPSA) is 93.2 Å². The van der Waals surface area contributed by atoms with Gasteiger partial charge in [-0.15, -0.1) is 0 Å². The molecule has 1 amide bonds. The van der Waals surface area contributed by atoms with Crippen molar-refractivity contribution >= 4 is 5.91 Å². The molecule has 1 fully saturated rings. The molecular weight excluding hydrogens is 250 g/mol. The fraction of sp³-hybridized carbons (Fsp3) is 0.583. The Labute approximate surface area is 109 Å². The summed E-state index contributed by atoms with van der Waals surface area (Å²) >= 11 is 0. The van der Waals surface area contributed by atoms with Gasteiger partial charge in [-0.05, 0) is 19.8 Å². The SMILES string of the molecule is C[C@H](NC(=O)Cn1[nH]c(=O)ccc1=O)[C@H]1CCCO1. The van der Waals surface area contributed by atoms with Crippen LogP contribution in [-0.4, -0.2) is 34.4 Å². The molecule has 0 aromatic carbocycles. The standard InChI is InChI=1S/C12H17N3O4/c1-8(9-3-2-6-19-9)13-11(17)7-15-12(18)5-4-10(16)14-15/h4-5,8-9H,2-3,6-7H2,1H3,(H,13,17)(H,14,16)/t8-,9+/m0/s1. The molecule has 7 nitrogen and oxygen atoms in total. The van der Waals surface area contributed by atoms with Gasteiger partial charge in [-0.1, -0.05) is 0 Å². The van der Waals surface area contributed by atoms with Crippen molar-refractivity contribution in [2.75, 3.05) is 6.61 Å². The molecule has 1 aromatic rings. The number of rotatable bonds is 4. The fourth-order valence-corrected chi connectivity index (χ4v) is 2.11. The van der Waals surface area contributed by atoms with E-state index < -0.39 is 11.1 Å². The Morgan fingerprint density at radius 3 is 3.05 bits per heavy atom. The number of ether oxygens (including phenoxy) is 1. The van der Waals surface area contributed by atoms with E-state index in [0.29, 0.717) is 0 Å². The van der Waals surface area contributed by atoms with E-state index in [1.165, 1.54) is 0 Å². The lowest BCUT2D eigenvalue weighted by Gasteiger charge is -2.20. The number of hydrogen-bond donors (Lipinski definition) is 2. The van der Waals surface area contributed by atoms with Gasteiger partial charge in [0.25, 0.3) is 11.1 Å². The van der Waals surface area contributed by atoms with E-state index in [4.69, 9.17) is 4.74 Å². The van der Waals surface area contributed by atoms with Gasteiger partial charge in [0, 0.05) is 18.7 Å². The van der Waals surface area contributed by atoms with Gasteiger partial charge in [-0.3, -0.25) is 19.5 Å². The van der Waals surface area contributed by atoms with Crippen molar-refractivity contribution in [3.63, 3.8) is 0 Å². The average molecular weight is 267 g/mol. The highest BCUT2D eigenvalue weighted by Crippen LogP contribution is 2.15. The van der Waals surface area contributed by atoms with Crippen molar-refractivity contribution < 1.29 is 9.53 Å². The quantitative estimate of drug-likeness (QED) is 0.748. The van der Waals surface area contributed by atoms with Gasteiger partial charge in [0.05, 0.1) is 12.1 Å². The van der Waals surface area contributed by atoms with Crippen LogP contribution in [0.25, 0.3) is 0 Å². The van der Waals surface area contributed by atoms with E-state index in [9.17, 15) is 14.4 Å². The number of hydrogen-bond acceptors (Lipinski definition) is 4. The lowest BCUT2D eigenvalue weighted by atomic mass is 10.1. The molecule has 0 spiro atoms. The van der Waals surface area contributed by atoms with E-state index in [-0.39, 0.29) is 24.6 Å². The highest BCUT2D eigenvalue weighted by atomic mass is 16.5. The van der Waals surface area contributed by atoms with Gasteiger partial charge in [0.15, 0.2) is 0 Å². The van der Waals surface area contributed by atoms with Crippen molar-refractivity contribution in [2.45, 2.75) is 38.5 Å². The first-order valence-corrected chi connectivity index (χ1v) is 6.27. The van der Waals surface area contributed by atoms with Gasteiger partial charge < -0.3 is 10.1 Å². The zero-order valence-electron chi connectivity index (χ0n) is 10.7. The summed E-state index contributed by atoms with van der Waals surface area (Å²) in [5.41, 5.74) is -0.834. The molecular formula is C12H17N3O4. The van der Waals surface area contributed by atoms with Crippen LogP contribution >= 0.6 is 0 Å². The van der Waals surface area contributed by atoms with Crippen LogP contribution in [0.1, 0.15) is 19.8 Å². The molecule has 0 unspecified atom stereocenters. The molecule has 2 heterocycles. The molecule has 0 aliphatic carbocycles. The summed E-state index contributed by atoms with van der Waals surface area (Å²) in [6.45, 7) is 2.38. The first-order valence-electron chi connectivity index (χ1n) is 6.27. The predicted octanol–water partition coefficient (Wildman–Crippen LogP) is -0.780. The van der Waals surface area contributed by atoms with Crippen LogP contribution in [0.15, 0.2) is 21.7 Å². The molecule has 19 heavy (non-hydrogen) atoms. The van der Waals surface area contributed by atoms with E-state index >= 15 is 0 Å². The minimum atomic E-state index is -0.417. The van der Waals surface area contributed by atoms with Crippen molar-refractivity contribution in [1.82, 2.24) is 15.1 Å². The summed E-state index contributed by atoms with van der Waals surface area (Å²) in [7, 11) is 0. The molecule has 2 rings (SSSR count). The third-order valence-electron chi connectivity index (χ3n) is 3.10. The first-order chi connectivity index (χ1) is 9.06. The number of aromatic amines is 1. The zero-order valence-corrected chi connectivity index (χ0v) is 10.7. The van der Waals surface area contributed by atoms with Crippen molar-refractivity contribution in [1.29, 1.82) is 0 Å². The monoisotopic (exact) mass is 267 g/mol. The van der Waals surface area contributed by atoms with Crippen LogP contribution < -0.4 is 16.4 Å². The van der Waals surface area contributed by atoms with E-state index in [0.717, 1.165) is 36.3 Å². The third-order valence-corrected chi connectivity index (χ3v) is 3.10. The Balaban J connectivity index is 1.95. The Morgan fingerprint density at radius 1 is 1.58 bits per heavy atom. The second kappa shape index (κ2) is 5.83. The predicted molar refractivity (Wildman–Crippen MR) is 67.9 cm³/mol. The lowest BCUT2D eigenvalue weighted by Crippen LogP contribution is -2.44. The number of nitrogens with one attached hydrogen (secondary N) is 2. The maximum atomic E-state index is 11.8. The summed E-state index contributed by atoms with van der Waals surface area (Å²) in [5, 5.41) is 5.08. The number of H-pyrrole nitrogens is 1. The lowest BCUT2D eigenvalue weighted by molar-refractivity contribution is -0.123. The normalized spacial score (nSPS) is 20.2. The summed E-state index contributed by atoms with van der Waals surface area (Å²) in [5.74, 6) is -0.327. The molecule has 7 heteroatoms. The van der Waals surface area contributed by atoms with E-state index in [1.807, 2.05) is 6.92 Å². The summed E-state index contributed by atoms with van der Waals surface area (Å²) in [4.78, 5) is 34.3. The Bertz CT molecular complexity index is 557. The molecule has 1 aliphatic rings. The van der Waals surface area contributed by atoms with Gasteiger partial charge in [-0.25, -0.2) is 4.68 Å². The largest absolute Gasteiger partial charge is 0.376 e. The first kappa shape index (κ1) is 13.5. The molecule has 0 saturated carbocycles. The molecule has 2 atom stereocenters. The minimum Gasteiger partial charge on any atom is -0.376 e. The molecule has 2 N–H and O–H groups in total. The Morgan fingerprint density at radius 2 is 2.37 bits per heavy atom. The van der Waals surface area contributed by atoms with Crippen LogP contribution in [0.2, 0.25) is 0 Å². The van der Waals surface area contributed by atoms with Crippen LogP contribution in [-0.2, 0) is 16.1 Å². The Kier molecular flexibility index (Phi) is 4.16. The van der Waals surface area contributed by atoms with Gasteiger partial charge >= 0.3 is 0 Å². The molecule has 1 saturated heterocycles. The van der Waals surface area contributed by atoms with Crippen LogP contribution in [0.5, 0.6) is 0 Å². The van der Waals surface area contributed by atoms with Crippen molar-refractivity contribution in [2.24, 2.45) is 0 Å². The van der Waals surface area contributed by atoms with Crippen LogP contribution in [0.4, 0.5) is 0 Å². The van der Waals surface area contributed by atoms with Crippen LogP contribution in [0, 0.1) is 0 Å². The number of carbonyl (C=O) groups excluding carboxylic acids is 1. The van der Waals surface area contributed by atoms with Crippen LogP contribution in [0.3, 0.4) is 0 Å². The second-order valence-electron chi connectivity index (χ2n) is 4.64. The Hall–Kier alpha value is -1.89. The third kappa shape index (κ3) is 3.54. The summed E-state index contributed by atoms with van der Waals surface area (Å²) in [6.07, 6.45) is 1.94. The molecule has 0 radical (unpaired) electrons. The number of amides is 1. The number of aromatic nitrogens is 2. The second-order valence-corrected chi connectivity index (χ2v) is 4.64. The molecule has 0 bridgehead atoms.